The summed E-state index contributed by atoms with van der Waals surface area (Å²) in [6.45, 7) is 4.88. The lowest BCUT2D eigenvalue weighted by Crippen LogP contribution is -2.57. The van der Waals surface area contributed by atoms with Gasteiger partial charge in [-0.3, -0.25) is 9.88 Å². The summed E-state index contributed by atoms with van der Waals surface area (Å²) in [7, 11) is 0. The number of H-pyrrole nitrogens is 1. The molecule has 0 amide bonds. The second kappa shape index (κ2) is 10.2. The molecule has 1 aliphatic carbocycles. The fourth-order valence-electron chi connectivity index (χ4n) is 9.06. The van der Waals surface area contributed by atoms with Crippen LogP contribution in [0.5, 0.6) is 0 Å². The number of aromatic nitrogens is 2. The lowest BCUT2D eigenvalue weighted by atomic mass is 9.57. The largest absolute Gasteiger partial charge is 0.353 e. The van der Waals surface area contributed by atoms with Gasteiger partial charge in [-0.25, -0.2) is 0 Å². The van der Waals surface area contributed by atoms with Crippen molar-refractivity contribution in [2.75, 3.05) is 26.2 Å². The Labute approximate surface area is 238 Å². The fourth-order valence-corrected chi connectivity index (χ4v) is 9.06. The molecule has 0 radical (unpaired) electrons. The van der Waals surface area contributed by atoms with Crippen LogP contribution in [0, 0.1) is 11.3 Å². The molecule has 1 aromatic carbocycles. The van der Waals surface area contributed by atoms with Crippen LogP contribution < -0.4 is 0 Å². The molecule has 4 aliphatic heterocycles. The molecule has 206 valence electrons. The molecule has 4 heteroatoms. The first-order valence-corrected chi connectivity index (χ1v) is 15.9. The van der Waals surface area contributed by atoms with E-state index in [1.54, 1.807) is 5.57 Å². The summed E-state index contributed by atoms with van der Waals surface area (Å²) in [5.41, 5.74) is 6.86. The molecule has 1 spiro atoms. The summed E-state index contributed by atoms with van der Waals surface area (Å²) in [6.07, 6.45) is 28.3. The molecule has 2 fully saturated rings. The van der Waals surface area contributed by atoms with E-state index < -0.39 is 0 Å². The minimum absolute atomic E-state index is 0.223. The average Bonchev–Trinajstić information content (AvgIpc) is 3.48. The zero-order chi connectivity index (χ0) is 26.5. The van der Waals surface area contributed by atoms with Crippen molar-refractivity contribution in [1.29, 1.82) is 0 Å². The van der Waals surface area contributed by atoms with E-state index in [4.69, 9.17) is 4.98 Å². The number of benzene rings is 1. The Morgan fingerprint density at radius 1 is 0.900 bits per heavy atom. The molecule has 2 aromatic heterocycles. The topological polar surface area (TPSA) is 35.2 Å². The molecule has 6 heterocycles. The normalized spacial score (nSPS) is 34.4. The van der Waals surface area contributed by atoms with Gasteiger partial charge < -0.3 is 9.88 Å². The molecular formula is C36H42N4. The van der Waals surface area contributed by atoms with E-state index in [-0.39, 0.29) is 5.41 Å². The highest BCUT2D eigenvalue weighted by atomic mass is 15.3. The van der Waals surface area contributed by atoms with Crippen molar-refractivity contribution in [2.45, 2.75) is 69.9 Å². The minimum atomic E-state index is 0.223. The van der Waals surface area contributed by atoms with Gasteiger partial charge in [0.05, 0.1) is 11.2 Å². The molecule has 0 saturated carbocycles. The van der Waals surface area contributed by atoms with Crippen LogP contribution in [0.25, 0.3) is 27.4 Å². The van der Waals surface area contributed by atoms with Gasteiger partial charge in [-0.2, -0.15) is 0 Å². The van der Waals surface area contributed by atoms with Gasteiger partial charge in [-0.1, -0.05) is 54.7 Å². The first kappa shape index (κ1) is 24.8. The van der Waals surface area contributed by atoms with E-state index in [0.717, 1.165) is 6.42 Å². The average molecular weight is 531 g/mol. The van der Waals surface area contributed by atoms with Gasteiger partial charge in [0.15, 0.2) is 0 Å². The summed E-state index contributed by atoms with van der Waals surface area (Å²) in [6, 6.07) is 12.0. The van der Waals surface area contributed by atoms with Crippen molar-refractivity contribution < 1.29 is 0 Å². The van der Waals surface area contributed by atoms with E-state index in [1.165, 1.54) is 111 Å². The van der Waals surface area contributed by atoms with Crippen LogP contribution in [0.3, 0.4) is 0 Å². The Morgan fingerprint density at radius 2 is 1.80 bits per heavy atom. The molecule has 1 N–H and O–H groups in total. The quantitative estimate of drug-likeness (QED) is 0.328. The summed E-state index contributed by atoms with van der Waals surface area (Å²) in [5.74, 6) is 0.526. The Kier molecular flexibility index (Phi) is 6.30. The lowest BCUT2D eigenvalue weighted by Gasteiger charge is -2.54. The summed E-state index contributed by atoms with van der Waals surface area (Å²) in [4.78, 5) is 14.7. The van der Waals surface area contributed by atoms with Crippen LogP contribution in [0.2, 0.25) is 0 Å². The number of nitrogens with one attached hydrogen (secondary N) is 1. The maximum absolute atomic E-state index is 5.16. The molecule has 8 rings (SSSR count). The number of hydrogen-bond acceptors (Lipinski definition) is 3. The van der Waals surface area contributed by atoms with Crippen molar-refractivity contribution in [3.63, 3.8) is 0 Å². The first-order valence-electron chi connectivity index (χ1n) is 15.9. The third-order valence-electron chi connectivity index (χ3n) is 10.7. The van der Waals surface area contributed by atoms with Gasteiger partial charge in [0.1, 0.15) is 0 Å². The smallest absolute Gasteiger partial charge is 0.0905 e. The third-order valence-corrected chi connectivity index (χ3v) is 10.7. The van der Waals surface area contributed by atoms with Crippen LogP contribution in [0.15, 0.2) is 78.6 Å². The number of aromatic amines is 1. The number of allylic oxidation sites excluding steroid dienone is 5. The molecule has 40 heavy (non-hydrogen) atoms. The lowest BCUT2D eigenvalue weighted by molar-refractivity contribution is 0.0287. The molecule has 2 unspecified atom stereocenters. The second-order valence-electron chi connectivity index (χ2n) is 12.9. The molecule has 3 bridgehead atoms. The molecule has 5 aliphatic rings. The minimum Gasteiger partial charge on any atom is -0.353 e. The van der Waals surface area contributed by atoms with Crippen LogP contribution >= 0.6 is 0 Å². The highest BCUT2D eigenvalue weighted by Gasteiger charge is 2.60. The summed E-state index contributed by atoms with van der Waals surface area (Å²) >= 11 is 0. The Bertz CT molecular complexity index is 1540. The van der Waals surface area contributed by atoms with Crippen molar-refractivity contribution in [2.24, 2.45) is 11.3 Å². The van der Waals surface area contributed by atoms with Gasteiger partial charge in [0.2, 0.25) is 0 Å². The SMILES string of the molecule is C1=C(c2nccc3c2[nH]c2ccccc23)C2CCN3CCCC/C=C/CC=C1[C@@H]1N4CCCC/C=C\[C@H]4C[C@]21C3. The van der Waals surface area contributed by atoms with Gasteiger partial charge in [-0.05, 0) is 107 Å². The van der Waals surface area contributed by atoms with Gasteiger partial charge in [0, 0.05) is 46.5 Å². The summed E-state index contributed by atoms with van der Waals surface area (Å²) < 4.78 is 0. The third kappa shape index (κ3) is 3.98. The van der Waals surface area contributed by atoms with Crippen LogP contribution in [0.1, 0.15) is 63.5 Å². The fraction of sp³-hybridized carbons (Fsp3) is 0.472. The number of hydrogen-bond donors (Lipinski definition) is 1. The summed E-state index contributed by atoms with van der Waals surface area (Å²) in [5, 5.41) is 2.60. The van der Waals surface area contributed by atoms with Crippen LogP contribution in [-0.2, 0) is 0 Å². The van der Waals surface area contributed by atoms with Crippen molar-refractivity contribution >= 4 is 27.4 Å². The number of pyridine rings is 1. The Hall–Kier alpha value is -2.95. The van der Waals surface area contributed by atoms with E-state index in [0.29, 0.717) is 18.0 Å². The Balaban J connectivity index is 1.34. The van der Waals surface area contributed by atoms with Crippen molar-refractivity contribution in [3.8, 4) is 0 Å². The van der Waals surface area contributed by atoms with E-state index >= 15 is 0 Å². The zero-order valence-corrected chi connectivity index (χ0v) is 23.7. The van der Waals surface area contributed by atoms with E-state index in [1.807, 2.05) is 0 Å². The molecule has 3 aromatic rings. The van der Waals surface area contributed by atoms with Crippen LogP contribution in [-0.4, -0.2) is 58.0 Å². The maximum Gasteiger partial charge on any atom is 0.0905 e. The monoisotopic (exact) mass is 530 g/mol. The van der Waals surface area contributed by atoms with Gasteiger partial charge in [0.25, 0.3) is 0 Å². The van der Waals surface area contributed by atoms with Crippen LogP contribution in [0.4, 0.5) is 0 Å². The number of nitrogens with zero attached hydrogens (tertiary/aromatic N) is 3. The predicted octanol–water partition coefficient (Wildman–Crippen LogP) is 7.66. The standard InChI is InChI=1S/C36H42N4/c1-2-5-11-20-39-22-18-31-30(33-34-29(17-19-37-33)28-15-9-10-16-32(28)38-34)23-26(13-7-3-1)35-36(31,25-39)24-27-14-8-4-6-12-21-40(27)35/h1,3,8-10,13-17,19,23,27,31,35,38H,2,4-7,11-12,18,20-22,24-25H2/b3-1+,14-8-,26-13?/t27-,31?,35-,36-/m0/s1. The molecular weight excluding hydrogens is 488 g/mol. The first-order chi connectivity index (χ1) is 19.8. The highest BCUT2D eigenvalue weighted by Crippen LogP contribution is 2.60. The maximum atomic E-state index is 5.16. The number of rotatable bonds is 1. The second-order valence-corrected chi connectivity index (χ2v) is 12.9. The molecule has 5 atom stereocenters. The highest BCUT2D eigenvalue weighted by molar-refractivity contribution is 6.10. The predicted molar refractivity (Wildman–Crippen MR) is 166 cm³/mol. The van der Waals surface area contributed by atoms with Crippen molar-refractivity contribution in [3.05, 3.63) is 84.3 Å². The van der Waals surface area contributed by atoms with Crippen molar-refractivity contribution in [1.82, 2.24) is 19.8 Å². The Morgan fingerprint density at radius 3 is 2.77 bits per heavy atom. The number of para-hydroxylation sites is 1. The number of piperidine rings is 1. The van der Waals surface area contributed by atoms with E-state index in [2.05, 4.69) is 87.8 Å². The zero-order valence-electron chi connectivity index (χ0n) is 23.7. The van der Waals surface area contributed by atoms with Gasteiger partial charge in [-0.15, -0.1) is 0 Å². The van der Waals surface area contributed by atoms with E-state index in [9.17, 15) is 0 Å². The molecule has 2 saturated heterocycles. The number of fused-ring (bicyclic) bond motifs is 5. The van der Waals surface area contributed by atoms with Gasteiger partial charge >= 0.3 is 0 Å². The molecule has 4 nitrogen and oxygen atoms in total.